The summed E-state index contributed by atoms with van der Waals surface area (Å²) in [6.45, 7) is 2.68. The summed E-state index contributed by atoms with van der Waals surface area (Å²) < 4.78 is 2.21. The van der Waals surface area contributed by atoms with Crippen LogP contribution in [0.2, 0.25) is 0 Å². The Kier molecular flexibility index (Phi) is 9.05. The quantitative estimate of drug-likeness (QED) is 0.302. The maximum absolute atomic E-state index is 4.23. The fraction of sp³-hybridized carbons (Fsp3) is 0.769. The largest absolute Gasteiger partial charge is 0.356 e. The van der Waals surface area contributed by atoms with E-state index in [1.165, 1.54) is 25.0 Å². The highest BCUT2D eigenvalue weighted by molar-refractivity contribution is 14.0. The van der Waals surface area contributed by atoms with E-state index in [2.05, 4.69) is 36.6 Å². The van der Waals surface area contributed by atoms with E-state index in [9.17, 15) is 0 Å². The fourth-order valence-corrected chi connectivity index (χ4v) is 2.80. The number of unbranched alkanes of at least 4 members (excludes halogenated alkanes) is 1. The van der Waals surface area contributed by atoms with Crippen LogP contribution in [-0.2, 0) is 19.5 Å². The van der Waals surface area contributed by atoms with Crippen LogP contribution >= 0.6 is 35.7 Å². The van der Waals surface area contributed by atoms with Gasteiger partial charge in [-0.15, -0.1) is 34.2 Å². The van der Waals surface area contributed by atoms with E-state index in [0.29, 0.717) is 6.54 Å². The van der Waals surface area contributed by atoms with Gasteiger partial charge in [-0.3, -0.25) is 4.99 Å². The number of halogens is 1. The molecule has 120 valence electrons. The van der Waals surface area contributed by atoms with Crippen LogP contribution in [0.1, 0.15) is 30.9 Å². The number of rotatable bonds is 7. The van der Waals surface area contributed by atoms with Crippen LogP contribution in [0.4, 0.5) is 0 Å². The lowest BCUT2D eigenvalue weighted by molar-refractivity contribution is 0.659. The van der Waals surface area contributed by atoms with Gasteiger partial charge >= 0.3 is 0 Å². The Morgan fingerprint density at radius 2 is 2.19 bits per heavy atom. The van der Waals surface area contributed by atoms with Crippen LogP contribution in [0.3, 0.4) is 0 Å². The van der Waals surface area contributed by atoms with E-state index in [-0.39, 0.29) is 24.0 Å². The SMILES string of the molecule is CN=C(NCCCCSC)NCc1nnc2n1CCC2.I. The number of nitrogens with one attached hydrogen (secondary N) is 2. The molecule has 6 nitrogen and oxygen atoms in total. The summed E-state index contributed by atoms with van der Waals surface area (Å²) in [6.07, 6.45) is 6.78. The zero-order valence-electron chi connectivity index (χ0n) is 12.8. The molecule has 0 spiro atoms. The van der Waals surface area contributed by atoms with Crippen molar-refractivity contribution in [1.82, 2.24) is 25.4 Å². The maximum atomic E-state index is 4.23. The third-order valence-corrected chi connectivity index (χ3v) is 4.09. The van der Waals surface area contributed by atoms with Gasteiger partial charge < -0.3 is 15.2 Å². The van der Waals surface area contributed by atoms with Crippen molar-refractivity contribution in [3.05, 3.63) is 11.6 Å². The standard InChI is InChI=1S/C13H24N6S.HI/c1-14-13(15-7-3-4-9-20-2)16-10-12-18-17-11-6-5-8-19(11)12;/h3-10H2,1-2H3,(H2,14,15,16);1H. The van der Waals surface area contributed by atoms with Gasteiger partial charge in [0.1, 0.15) is 5.82 Å². The Bertz CT molecular complexity index is 448. The minimum atomic E-state index is 0. The maximum Gasteiger partial charge on any atom is 0.191 e. The monoisotopic (exact) mass is 424 g/mol. The van der Waals surface area contributed by atoms with Crippen molar-refractivity contribution >= 4 is 41.7 Å². The molecule has 8 heteroatoms. The molecule has 21 heavy (non-hydrogen) atoms. The molecule has 0 fully saturated rings. The molecule has 0 saturated heterocycles. The van der Waals surface area contributed by atoms with Crippen LogP contribution in [0.25, 0.3) is 0 Å². The highest BCUT2D eigenvalue weighted by Crippen LogP contribution is 2.13. The lowest BCUT2D eigenvalue weighted by Crippen LogP contribution is -2.37. The molecule has 1 aliphatic rings. The second-order valence-corrected chi connectivity index (χ2v) is 5.83. The molecule has 0 aromatic carbocycles. The number of aliphatic imine (C=N–C) groups is 1. The average Bonchev–Trinajstić information content (AvgIpc) is 3.06. The first-order chi connectivity index (χ1) is 9.85. The zero-order chi connectivity index (χ0) is 14.2. The molecule has 2 rings (SSSR count). The second kappa shape index (κ2) is 10.3. The summed E-state index contributed by atoms with van der Waals surface area (Å²) in [4.78, 5) is 4.23. The minimum Gasteiger partial charge on any atom is -0.356 e. The predicted molar refractivity (Wildman–Crippen MR) is 99.6 cm³/mol. The number of hydrogen-bond acceptors (Lipinski definition) is 4. The van der Waals surface area contributed by atoms with Gasteiger partial charge in [0.15, 0.2) is 11.8 Å². The molecule has 2 heterocycles. The van der Waals surface area contributed by atoms with Gasteiger partial charge in [-0.1, -0.05) is 0 Å². The van der Waals surface area contributed by atoms with Crippen molar-refractivity contribution in [3.8, 4) is 0 Å². The van der Waals surface area contributed by atoms with Gasteiger partial charge in [0, 0.05) is 26.6 Å². The molecular formula is C13H25IN6S. The number of aryl methyl sites for hydroxylation is 1. The van der Waals surface area contributed by atoms with E-state index < -0.39 is 0 Å². The molecule has 0 atom stereocenters. The number of guanidine groups is 1. The lowest BCUT2D eigenvalue weighted by atomic mass is 10.3. The van der Waals surface area contributed by atoms with E-state index >= 15 is 0 Å². The van der Waals surface area contributed by atoms with Gasteiger partial charge in [-0.25, -0.2) is 0 Å². The molecular weight excluding hydrogens is 399 g/mol. The van der Waals surface area contributed by atoms with Crippen molar-refractivity contribution in [2.24, 2.45) is 4.99 Å². The van der Waals surface area contributed by atoms with Crippen LogP contribution in [-0.4, -0.2) is 46.3 Å². The Balaban J connectivity index is 0.00000220. The number of thioether (sulfide) groups is 1. The third-order valence-electron chi connectivity index (χ3n) is 3.39. The highest BCUT2D eigenvalue weighted by atomic mass is 127. The van der Waals surface area contributed by atoms with E-state index in [4.69, 9.17) is 0 Å². The van der Waals surface area contributed by atoms with E-state index in [1.807, 2.05) is 11.8 Å². The Morgan fingerprint density at radius 1 is 1.33 bits per heavy atom. The Hall–Kier alpha value is -0.510. The summed E-state index contributed by atoms with van der Waals surface area (Å²) in [5, 5.41) is 15.1. The Morgan fingerprint density at radius 3 is 2.95 bits per heavy atom. The molecule has 0 aliphatic carbocycles. The van der Waals surface area contributed by atoms with Crippen molar-refractivity contribution in [2.75, 3.05) is 25.6 Å². The van der Waals surface area contributed by atoms with Crippen molar-refractivity contribution in [3.63, 3.8) is 0 Å². The minimum absolute atomic E-state index is 0. The van der Waals surface area contributed by atoms with Crippen LogP contribution in [0, 0.1) is 0 Å². The molecule has 0 unspecified atom stereocenters. The van der Waals surface area contributed by atoms with Crippen LogP contribution in [0.5, 0.6) is 0 Å². The van der Waals surface area contributed by atoms with Gasteiger partial charge in [0.2, 0.25) is 0 Å². The summed E-state index contributed by atoms with van der Waals surface area (Å²) in [5.41, 5.74) is 0. The first kappa shape index (κ1) is 18.5. The van der Waals surface area contributed by atoms with Crippen molar-refractivity contribution < 1.29 is 0 Å². The average molecular weight is 424 g/mol. The normalized spacial score (nSPS) is 13.7. The fourth-order valence-electron chi connectivity index (χ4n) is 2.30. The van der Waals surface area contributed by atoms with Crippen LogP contribution < -0.4 is 10.6 Å². The molecule has 0 amide bonds. The first-order valence-electron chi connectivity index (χ1n) is 7.19. The smallest absolute Gasteiger partial charge is 0.191 e. The first-order valence-corrected chi connectivity index (χ1v) is 8.59. The molecule has 0 bridgehead atoms. The summed E-state index contributed by atoms with van der Waals surface area (Å²) in [5.74, 6) is 4.17. The van der Waals surface area contributed by atoms with Gasteiger partial charge in [0.05, 0.1) is 6.54 Å². The molecule has 1 aromatic heterocycles. The van der Waals surface area contributed by atoms with E-state index in [0.717, 1.165) is 37.1 Å². The number of hydrogen-bond donors (Lipinski definition) is 2. The highest BCUT2D eigenvalue weighted by Gasteiger charge is 2.16. The topological polar surface area (TPSA) is 67.1 Å². The molecule has 2 N–H and O–H groups in total. The van der Waals surface area contributed by atoms with Gasteiger partial charge in [-0.05, 0) is 31.3 Å². The number of nitrogens with zero attached hydrogens (tertiary/aromatic N) is 4. The summed E-state index contributed by atoms with van der Waals surface area (Å²) in [6, 6.07) is 0. The van der Waals surface area contributed by atoms with Crippen molar-refractivity contribution in [1.29, 1.82) is 0 Å². The third kappa shape index (κ3) is 5.65. The van der Waals surface area contributed by atoms with Gasteiger partial charge in [0.25, 0.3) is 0 Å². The summed E-state index contributed by atoms with van der Waals surface area (Å²) in [7, 11) is 1.80. The number of aromatic nitrogens is 3. The lowest BCUT2D eigenvalue weighted by Gasteiger charge is -2.11. The predicted octanol–water partition coefficient (Wildman–Crippen LogP) is 1.65. The molecule has 1 aliphatic heterocycles. The summed E-state index contributed by atoms with van der Waals surface area (Å²) >= 11 is 1.89. The van der Waals surface area contributed by atoms with Gasteiger partial charge in [-0.2, -0.15) is 11.8 Å². The molecule has 0 radical (unpaired) electrons. The Labute approximate surface area is 148 Å². The number of fused-ring (bicyclic) bond motifs is 1. The van der Waals surface area contributed by atoms with Crippen LogP contribution in [0.15, 0.2) is 4.99 Å². The molecule has 0 saturated carbocycles. The molecule has 1 aromatic rings. The zero-order valence-corrected chi connectivity index (χ0v) is 15.9. The second-order valence-electron chi connectivity index (χ2n) is 4.84. The van der Waals surface area contributed by atoms with E-state index in [1.54, 1.807) is 7.05 Å². The van der Waals surface area contributed by atoms with Crippen molar-refractivity contribution in [2.45, 2.75) is 38.8 Å².